The summed E-state index contributed by atoms with van der Waals surface area (Å²) in [5.41, 5.74) is 5.90. The van der Waals surface area contributed by atoms with Crippen LogP contribution in [0.5, 0.6) is 0 Å². The van der Waals surface area contributed by atoms with Crippen LogP contribution in [0, 0.1) is 0 Å². The highest BCUT2D eigenvalue weighted by Crippen LogP contribution is 2.11. The number of oxime groups is 1. The van der Waals surface area contributed by atoms with Gasteiger partial charge in [-0.05, 0) is 19.9 Å². The molecule has 0 bridgehead atoms. The maximum Gasteiger partial charge on any atom is 0.226 e. The molecule has 1 rings (SSSR count). The lowest BCUT2D eigenvalue weighted by atomic mass is 10.3. The van der Waals surface area contributed by atoms with Gasteiger partial charge in [-0.15, -0.1) is 0 Å². The number of amidine groups is 1. The van der Waals surface area contributed by atoms with Crippen molar-refractivity contribution in [1.82, 2.24) is 9.97 Å². The Labute approximate surface area is 106 Å². The monoisotopic (exact) mass is 253 g/mol. The Morgan fingerprint density at radius 1 is 1.61 bits per heavy atom. The summed E-state index contributed by atoms with van der Waals surface area (Å²) in [4.78, 5) is 10.4. The molecule has 3 N–H and O–H groups in total. The van der Waals surface area contributed by atoms with E-state index in [0.717, 1.165) is 0 Å². The number of methoxy groups -OCH3 is 1. The molecule has 0 unspecified atom stereocenters. The topological polar surface area (TPSA) is 96.9 Å². The molecule has 0 atom stereocenters. The van der Waals surface area contributed by atoms with E-state index in [1.54, 1.807) is 19.4 Å². The molecule has 7 nitrogen and oxygen atoms in total. The Bertz CT molecular complexity index is 408. The molecule has 0 saturated heterocycles. The van der Waals surface area contributed by atoms with Crippen molar-refractivity contribution >= 4 is 11.8 Å². The summed E-state index contributed by atoms with van der Waals surface area (Å²) < 4.78 is 5.06. The molecule has 0 aliphatic carbocycles. The first-order valence-electron chi connectivity index (χ1n) is 5.66. The summed E-state index contributed by atoms with van der Waals surface area (Å²) in [7, 11) is 1.65. The van der Waals surface area contributed by atoms with Crippen molar-refractivity contribution in [2.24, 2.45) is 10.9 Å². The third-order valence-electron chi connectivity index (χ3n) is 2.43. The fourth-order valence-electron chi connectivity index (χ4n) is 1.46. The van der Waals surface area contributed by atoms with Gasteiger partial charge in [0.15, 0.2) is 5.84 Å². The summed E-state index contributed by atoms with van der Waals surface area (Å²) in [6.07, 6.45) is 1.58. The van der Waals surface area contributed by atoms with Crippen molar-refractivity contribution in [3.05, 3.63) is 18.0 Å². The number of nitrogens with zero attached hydrogens (tertiary/aromatic N) is 4. The predicted octanol–water partition coefficient (Wildman–Crippen LogP) is 0.432. The van der Waals surface area contributed by atoms with Gasteiger partial charge in [0.1, 0.15) is 5.69 Å². The number of hydrogen-bond acceptors (Lipinski definition) is 6. The smallest absolute Gasteiger partial charge is 0.226 e. The second-order valence-corrected chi connectivity index (χ2v) is 4.01. The first-order chi connectivity index (χ1) is 8.60. The third-order valence-corrected chi connectivity index (χ3v) is 2.43. The summed E-state index contributed by atoms with van der Waals surface area (Å²) in [5, 5.41) is 11.6. The van der Waals surface area contributed by atoms with Gasteiger partial charge in [0.2, 0.25) is 5.95 Å². The average molecular weight is 253 g/mol. The number of aromatic nitrogens is 2. The predicted molar refractivity (Wildman–Crippen MR) is 68.9 cm³/mol. The molecule has 1 aromatic rings. The SMILES string of the molecule is COCCN(c1nccc(/C(N)=N/O)n1)C(C)C. The lowest BCUT2D eigenvalue weighted by molar-refractivity contribution is 0.203. The average Bonchev–Trinajstić information content (AvgIpc) is 2.38. The van der Waals surface area contributed by atoms with E-state index < -0.39 is 0 Å². The van der Waals surface area contributed by atoms with Gasteiger partial charge in [0.05, 0.1) is 6.61 Å². The van der Waals surface area contributed by atoms with Crippen LogP contribution in [0.3, 0.4) is 0 Å². The molecule has 1 heterocycles. The molecule has 0 saturated carbocycles. The minimum atomic E-state index is -0.0332. The van der Waals surface area contributed by atoms with Crippen LogP contribution in [0.15, 0.2) is 17.4 Å². The lowest BCUT2D eigenvalue weighted by Crippen LogP contribution is -2.35. The van der Waals surface area contributed by atoms with Gasteiger partial charge in [0.25, 0.3) is 0 Å². The van der Waals surface area contributed by atoms with Crippen LogP contribution in [0.25, 0.3) is 0 Å². The van der Waals surface area contributed by atoms with Crippen LogP contribution in [0.1, 0.15) is 19.5 Å². The van der Waals surface area contributed by atoms with E-state index in [-0.39, 0.29) is 11.9 Å². The number of rotatable bonds is 6. The largest absolute Gasteiger partial charge is 0.409 e. The van der Waals surface area contributed by atoms with Gasteiger partial charge in [-0.3, -0.25) is 0 Å². The Morgan fingerprint density at radius 3 is 2.89 bits per heavy atom. The highest BCUT2D eigenvalue weighted by atomic mass is 16.5. The fraction of sp³-hybridized carbons (Fsp3) is 0.545. The zero-order valence-electron chi connectivity index (χ0n) is 10.9. The highest BCUT2D eigenvalue weighted by Gasteiger charge is 2.14. The third kappa shape index (κ3) is 3.56. The summed E-state index contributed by atoms with van der Waals surface area (Å²) in [6, 6.07) is 1.82. The summed E-state index contributed by atoms with van der Waals surface area (Å²) in [6.45, 7) is 5.33. The molecule has 0 spiro atoms. The standard InChI is InChI=1S/C11H19N5O2/c1-8(2)16(6-7-18-3)11-13-5-4-9(14-11)10(12)15-17/h4-5,8,17H,6-7H2,1-3H3,(H2,12,15). The van der Waals surface area contributed by atoms with Crippen LogP contribution < -0.4 is 10.6 Å². The Balaban J connectivity index is 2.98. The molecule has 7 heteroatoms. The van der Waals surface area contributed by atoms with Gasteiger partial charge in [-0.2, -0.15) is 0 Å². The van der Waals surface area contributed by atoms with Gasteiger partial charge in [-0.25, -0.2) is 9.97 Å². The number of nitrogens with two attached hydrogens (primary N) is 1. The molecule has 0 radical (unpaired) electrons. The van der Waals surface area contributed by atoms with Gasteiger partial charge < -0.3 is 20.6 Å². The Kier molecular flexibility index (Phi) is 5.31. The Morgan fingerprint density at radius 2 is 2.33 bits per heavy atom. The van der Waals surface area contributed by atoms with Gasteiger partial charge >= 0.3 is 0 Å². The molecule has 0 aliphatic rings. The second-order valence-electron chi connectivity index (χ2n) is 4.01. The molecular formula is C11H19N5O2. The molecule has 1 aromatic heterocycles. The molecule has 100 valence electrons. The van der Waals surface area contributed by atoms with Crippen LogP contribution in [0.2, 0.25) is 0 Å². The van der Waals surface area contributed by atoms with Crippen molar-refractivity contribution in [3.8, 4) is 0 Å². The molecule has 0 aliphatic heterocycles. The minimum Gasteiger partial charge on any atom is -0.409 e. The maximum absolute atomic E-state index is 8.64. The van der Waals surface area contributed by atoms with Crippen LogP contribution >= 0.6 is 0 Å². The van der Waals surface area contributed by atoms with Gasteiger partial charge in [-0.1, -0.05) is 5.16 Å². The molecule has 0 fully saturated rings. The number of ether oxygens (including phenoxy) is 1. The molecule has 0 amide bonds. The minimum absolute atomic E-state index is 0.0332. The van der Waals surface area contributed by atoms with Crippen molar-refractivity contribution in [2.45, 2.75) is 19.9 Å². The van der Waals surface area contributed by atoms with E-state index in [2.05, 4.69) is 15.1 Å². The van der Waals surface area contributed by atoms with E-state index in [4.69, 9.17) is 15.7 Å². The van der Waals surface area contributed by atoms with E-state index in [0.29, 0.717) is 24.8 Å². The van der Waals surface area contributed by atoms with E-state index in [1.807, 2.05) is 18.7 Å². The summed E-state index contributed by atoms with van der Waals surface area (Å²) >= 11 is 0. The fourth-order valence-corrected chi connectivity index (χ4v) is 1.46. The van der Waals surface area contributed by atoms with Gasteiger partial charge in [0, 0.05) is 25.9 Å². The zero-order valence-corrected chi connectivity index (χ0v) is 10.9. The maximum atomic E-state index is 8.64. The molecule has 0 aromatic carbocycles. The quantitative estimate of drug-likeness (QED) is 0.330. The van der Waals surface area contributed by atoms with Crippen LogP contribution in [0.4, 0.5) is 5.95 Å². The van der Waals surface area contributed by atoms with Crippen LogP contribution in [-0.4, -0.2) is 47.3 Å². The van der Waals surface area contributed by atoms with Crippen molar-refractivity contribution in [2.75, 3.05) is 25.2 Å². The van der Waals surface area contributed by atoms with E-state index in [1.165, 1.54) is 0 Å². The number of hydrogen-bond donors (Lipinski definition) is 2. The lowest BCUT2D eigenvalue weighted by Gasteiger charge is -2.26. The van der Waals surface area contributed by atoms with Crippen molar-refractivity contribution < 1.29 is 9.94 Å². The van der Waals surface area contributed by atoms with Crippen LogP contribution in [-0.2, 0) is 4.74 Å². The molecular weight excluding hydrogens is 234 g/mol. The molecule has 18 heavy (non-hydrogen) atoms. The normalized spacial score (nSPS) is 11.9. The van der Waals surface area contributed by atoms with Crippen molar-refractivity contribution in [3.63, 3.8) is 0 Å². The number of anilines is 1. The first kappa shape index (κ1) is 14.2. The summed E-state index contributed by atoms with van der Waals surface area (Å²) in [5.74, 6) is 0.500. The highest BCUT2D eigenvalue weighted by molar-refractivity contribution is 5.95. The van der Waals surface area contributed by atoms with E-state index >= 15 is 0 Å². The Hall–Kier alpha value is -1.89. The first-order valence-corrected chi connectivity index (χ1v) is 5.66. The second kappa shape index (κ2) is 6.75. The van der Waals surface area contributed by atoms with Crippen molar-refractivity contribution in [1.29, 1.82) is 0 Å². The zero-order chi connectivity index (χ0) is 13.5. The van der Waals surface area contributed by atoms with E-state index in [9.17, 15) is 0 Å².